The van der Waals surface area contributed by atoms with E-state index in [0.29, 0.717) is 24.1 Å². The quantitative estimate of drug-likeness (QED) is 0.389. The minimum absolute atomic E-state index is 0.0239. The van der Waals surface area contributed by atoms with E-state index in [4.69, 9.17) is 14.2 Å². The second-order valence-corrected chi connectivity index (χ2v) is 8.78. The fourth-order valence-electron chi connectivity index (χ4n) is 4.42. The molecule has 7 heteroatoms. The number of nitrogens with zero attached hydrogens (tertiary/aromatic N) is 1. The molecule has 35 heavy (non-hydrogen) atoms. The maximum absolute atomic E-state index is 12.9. The van der Waals surface area contributed by atoms with Crippen LogP contribution in [0, 0.1) is 0 Å². The summed E-state index contributed by atoms with van der Waals surface area (Å²) in [5, 5.41) is 10.8. The lowest BCUT2D eigenvalue weighted by atomic mass is 10.0. The van der Waals surface area contributed by atoms with Crippen LogP contribution < -0.4 is 0 Å². The van der Waals surface area contributed by atoms with Gasteiger partial charge in [-0.1, -0.05) is 78.9 Å². The molecule has 2 aliphatic rings. The summed E-state index contributed by atoms with van der Waals surface area (Å²) < 4.78 is 17.5. The predicted molar refractivity (Wildman–Crippen MR) is 127 cm³/mol. The largest absolute Gasteiger partial charge is 0.507 e. The number of fused-ring (bicyclic) bond motifs is 1. The zero-order valence-corrected chi connectivity index (χ0v) is 19.4. The Morgan fingerprint density at radius 2 is 1.69 bits per heavy atom. The highest BCUT2D eigenvalue weighted by Gasteiger charge is 2.46. The number of phenolic OH excluding ortho intramolecular Hbond substituents is 1. The number of para-hydroxylation sites is 1. The van der Waals surface area contributed by atoms with Crippen LogP contribution in [0.1, 0.15) is 47.8 Å². The van der Waals surface area contributed by atoms with Crippen molar-refractivity contribution in [3.8, 4) is 5.75 Å². The Hall–Kier alpha value is -3.68. The van der Waals surface area contributed by atoms with Crippen molar-refractivity contribution < 1.29 is 28.9 Å². The van der Waals surface area contributed by atoms with Gasteiger partial charge in [-0.25, -0.2) is 4.79 Å². The molecule has 0 saturated carbocycles. The molecule has 180 valence electrons. The normalized spacial score (nSPS) is 19.8. The SMILES string of the molecule is C[C@@H](OCc1cccc([C@@H]2CN3C(=O)C[C@@H]3O2)c1O)C(=O)OC(c1ccccc1)c1ccccc1. The number of amides is 1. The fourth-order valence-corrected chi connectivity index (χ4v) is 4.42. The minimum atomic E-state index is -0.852. The van der Waals surface area contributed by atoms with Crippen LogP contribution in [0.15, 0.2) is 78.9 Å². The Bertz CT molecular complexity index is 1160. The van der Waals surface area contributed by atoms with Gasteiger partial charge >= 0.3 is 5.97 Å². The lowest BCUT2D eigenvalue weighted by molar-refractivity contribution is -0.161. The van der Waals surface area contributed by atoms with Gasteiger partial charge in [-0.2, -0.15) is 0 Å². The van der Waals surface area contributed by atoms with Gasteiger partial charge in [0, 0.05) is 11.1 Å². The van der Waals surface area contributed by atoms with Gasteiger partial charge in [-0.15, -0.1) is 0 Å². The molecule has 3 aromatic carbocycles. The molecule has 2 fully saturated rings. The number of hydrogen-bond acceptors (Lipinski definition) is 6. The Morgan fingerprint density at radius 3 is 2.29 bits per heavy atom. The number of esters is 1. The summed E-state index contributed by atoms with van der Waals surface area (Å²) in [6.07, 6.45) is -1.61. The molecule has 5 rings (SSSR count). The van der Waals surface area contributed by atoms with Crippen LogP contribution in [0.25, 0.3) is 0 Å². The monoisotopic (exact) mass is 473 g/mol. The van der Waals surface area contributed by atoms with E-state index in [9.17, 15) is 14.7 Å². The van der Waals surface area contributed by atoms with Crippen molar-refractivity contribution in [2.75, 3.05) is 6.54 Å². The van der Waals surface area contributed by atoms with Gasteiger partial charge in [0.25, 0.3) is 0 Å². The molecule has 1 amide bonds. The first-order chi connectivity index (χ1) is 17.0. The molecule has 3 aromatic rings. The van der Waals surface area contributed by atoms with Crippen LogP contribution in [-0.2, 0) is 30.4 Å². The maximum atomic E-state index is 12.9. The Morgan fingerprint density at radius 1 is 1.03 bits per heavy atom. The van der Waals surface area contributed by atoms with Crippen LogP contribution in [-0.4, -0.2) is 40.8 Å². The summed E-state index contributed by atoms with van der Waals surface area (Å²) in [4.78, 5) is 26.3. The number of benzene rings is 3. The van der Waals surface area contributed by atoms with E-state index in [1.165, 1.54) is 0 Å². The molecule has 2 saturated heterocycles. The first-order valence-electron chi connectivity index (χ1n) is 11.7. The lowest BCUT2D eigenvalue weighted by Gasteiger charge is -2.31. The van der Waals surface area contributed by atoms with Crippen molar-refractivity contribution in [3.63, 3.8) is 0 Å². The number of ether oxygens (including phenoxy) is 3. The molecule has 0 spiro atoms. The summed E-state index contributed by atoms with van der Waals surface area (Å²) >= 11 is 0. The van der Waals surface area contributed by atoms with E-state index in [1.807, 2.05) is 60.7 Å². The molecular formula is C28H27NO6. The molecule has 0 aromatic heterocycles. The van der Waals surface area contributed by atoms with Gasteiger partial charge in [-0.05, 0) is 18.1 Å². The Balaban J connectivity index is 1.24. The number of rotatable bonds is 8. The van der Waals surface area contributed by atoms with Gasteiger partial charge < -0.3 is 24.2 Å². The Kier molecular flexibility index (Phi) is 6.53. The molecule has 2 heterocycles. The average molecular weight is 474 g/mol. The molecular weight excluding hydrogens is 446 g/mol. The minimum Gasteiger partial charge on any atom is -0.507 e. The van der Waals surface area contributed by atoms with Crippen LogP contribution in [0.4, 0.5) is 0 Å². The second kappa shape index (κ2) is 9.90. The number of aromatic hydroxyl groups is 1. The third-order valence-corrected chi connectivity index (χ3v) is 6.46. The highest BCUT2D eigenvalue weighted by molar-refractivity contribution is 5.83. The fraction of sp³-hybridized carbons (Fsp3) is 0.286. The number of carbonyl (C=O) groups is 2. The van der Waals surface area contributed by atoms with Crippen molar-refractivity contribution in [1.82, 2.24) is 4.90 Å². The van der Waals surface area contributed by atoms with E-state index in [0.717, 1.165) is 11.1 Å². The van der Waals surface area contributed by atoms with Crippen LogP contribution in [0.3, 0.4) is 0 Å². The van der Waals surface area contributed by atoms with Gasteiger partial charge in [0.2, 0.25) is 5.91 Å². The van der Waals surface area contributed by atoms with Crippen LogP contribution in [0.2, 0.25) is 0 Å². The third-order valence-electron chi connectivity index (χ3n) is 6.46. The van der Waals surface area contributed by atoms with Gasteiger partial charge in [-0.3, -0.25) is 4.79 Å². The zero-order chi connectivity index (χ0) is 24.4. The molecule has 0 unspecified atom stereocenters. The zero-order valence-electron chi connectivity index (χ0n) is 19.4. The van der Waals surface area contributed by atoms with Crippen LogP contribution in [0.5, 0.6) is 5.75 Å². The number of β-lactam (4-membered cyclic amide) rings is 1. The first kappa shape index (κ1) is 23.1. The summed E-state index contributed by atoms with van der Waals surface area (Å²) in [5.74, 6) is -0.382. The average Bonchev–Trinajstić information content (AvgIpc) is 3.24. The third kappa shape index (κ3) is 4.78. The highest BCUT2D eigenvalue weighted by atomic mass is 16.6. The molecule has 7 nitrogen and oxygen atoms in total. The second-order valence-electron chi connectivity index (χ2n) is 8.78. The van der Waals surface area contributed by atoms with Crippen LogP contribution >= 0.6 is 0 Å². The topological polar surface area (TPSA) is 85.3 Å². The van der Waals surface area contributed by atoms with Crippen molar-refractivity contribution >= 4 is 11.9 Å². The summed E-state index contributed by atoms with van der Waals surface area (Å²) in [5.41, 5.74) is 2.87. The number of carbonyl (C=O) groups excluding carboxylic acids is 2. The van der Waals surface area contributed by atoms with Crippen molar-refractivity contribution in [2.45, 2.75) is 44.5 Å². The summed E-state index contributed by atoms with van der Waals surface area (Å²) in [6, 6.07) is 24.4. The maximum Gasteiger partial charge on any atom is 0.335 e. The molecule has 0 aliphatic carbocycles. The number of phenols is 1. The van der Waals surface area contributed by atoms with E-state index in [2.05, 4.69) is 0 Å². The van der Waals surface area contributed by atoms with Gasteiger partial charge in [0.05, 0.1) is 19.6 Å². The van der Waals surface area contributed by atoms with Crippen molar-refractivity contribution in [3.05, 3.63) is 101 Å². The Labute approximate surface area is 203 Å². The molecule has 0 bridgehead atoms. The highest BCUT2D eigenvalue weighted by Crippen LogP contribution is 2.40. The van der Waals surface area contributed by atoms with Gasteiger partial charge in [0.15, 0.2) is 12.2 Å². The molecule has 3 atom stereocenters. The first-order valence-corrected chi connectivity index (χ1v) is 11.7. The smallest absolute Gasteiger partial charge is 0.335 e. The van der Waals surface area contributed by atoms with Gasteiger partial charge in [0.1, 0.15) is 18.1 Å². The van der Waals surface area contributed by atoms with E-state index in [-0.39, 0.29) is 30.6 Å². The number of hydrogen-bond donors (Lipinski definition) is 1. The molecule has 1 N–H and O–H groups in total. The lowest BCUT2D eigenvalue weighted by Crippen LogP contribution is -2.48. The summed E-state index contributed by atoms with van der Waals surface area (Å²) in [6.45, 7) is 2.08. The van der Waals surface area contributed by atoms with Crippen molar-refractivity contribution in [2.24, 2.45) is 0 Å². The summed E-state index contributed by atoms with van der Waals surface area (Å²) in [7, 11) is 0. The van der Waals surface area contributed by atoms with E-state index in [1.54, 1.807) is 30.0 Å². The van der Waals surface area contributed by atoms with E-state index < -0.39 is 18.2 Å². The predicted octanol–water partition coefficient (Wildman–Crippen LogP) is 4.26. The molecule has 0 radical (unpaired) electrons. The van der Waals surface area contributed by atoms with Crippen molar-refractivity contribution in [1.29, 1.82) is 0 Å². The standard InChI is InChI=1S/C28H27NO6/c1-18(28(32)35-27(19-9-4-2-5-10-19)20-11-6-3-7-12-20)33-17-21-13-8-14-22(26(21)31)23-16-29-24(30)15-25(29)34-23/h2-14,18,23,25,27,31H,15-17H2,1H3/t18-,23+,25+/m1/s1. The van der Waals surface area contributed by atoms with E-state index >= 15 is 0 Å². The molecule has 2 aliphatic heterocycles.